The summed E-state index contributed by atoms with van der Waals surface area (Å²) in [4.78, 5) is 0. The fourth-order valence-corrected chi connectivity index (χ4v) is 1.98. The maximum atomic E-state index is 9.18. The lowest BCUT2D eigenvalue weighted by Gasteiger charge is -2.06. The summed E-state index contributed by atoms with van der Waals surface area (Å²) in [5.41, 5.74) is -1.14. The Morgan fingerprint density at radius 2 is 0.906 bits per heavy atom. The van der Waals surface area contributed by atoms with Gasteiger partial charge in [-0.3, -0.25) is 0 Å². The molecule has 0 spiro atoms. The van der Waals surface area contributed by atoms with Crippen molar-refractivity contribution in [2.24, 2.45) is 0 Å². The fraction of sp³-hybridized carbons (Fsp3) is 0. The molecular weight excluding hydrogens is 406 g/mol. The Kier molecular flexibility index (Phi) is 4.16. The van der Waals surface area contributed by atoms with Gasteiger partial charge in [0.15, 0.2) is 0 Å². The van der Waals surface area contributed by atoms with E-state index in [0.717, 1.165) is 0 Å². The first-order chi connectivity index (χ1) is 20.9. The van der Waals surface area contributed by atoms with E-state index >= 15 is 0 Å². The molecule has 4 aromatic carbocycles. The van der Waals surface area contributed by atoms with Crippen LogP contribution in [-0.2, 0) is 0 Å². The van der Waals surface area contributed by atoms with Gasteiger partial charge in [0.05, 0.1) is 17.8 Å². The van der Waals surface area contributed by atoms with E-state index in [2.05, 4.69) is 0 Å². The molecule has 0 unspecified atom stereocenters. The maximum absolute atomic E-state index is 9.18. The lowest BCUT2D eigenvalue weighted by atomic mass is 9.80. The Bertz CT molecular complexity index is 1670. The summed E-state index contributed by atoms with van der Waals surface area (Å²) >= 11 is 0. The van der Waals surface area contributed by atoms with Crippen LogP contribution in [0.1, 0.15) is 17.8 Å². The number of ether oxygens (including phenoxy) is 2. The van der Waals surface area contributed by atoms with Crippen molar-refractivity contribution in [2.75, 3.05) is 0 Å². The van der Waals surface area contributed by atoms with Crippen molar-refractivity contribution in [3.05, 3.63) is 109 Å². The molecule has 32 heavy (non-hydrogen) atoms. The second kappa shape index (κ2) is 11.7. The first-order valence-electron chi connectivity index (χ1n) is 15.3. The highest BCUT2D eigenvalue weighted by molar-refractivity contribution is 6.58. The third-order valence-corrected chi connectivity index (χ3v) is 3.40. The van der Waals surface area contributed by atoms with Gasteiger partial charge in [-0.1, -0.05) is 60.5 Å². The molecule has 0 aliphatic rings. The summed E-state index contributed by atoms with van der Waals surface area (Å²) in [7, 11) is -4.32. The first-order valence-corrected chi connectivity index (χ1v) is 8.84. The maximum Gasteiger partial charge on any atom is 0.488 e. The van der Waals surface area contributed by atoms with Crippen molar-refractivity contribution in [1.82, 2.24) is 0 Å². The summed E-state index contributed by atoms with van der Waals surface area (Å²) in [5, 5.41) is 36.6. The smallest absolute Gasteiger partial charge is 0.457 e. The average molecular weight is 441 g/mol. The number of benzene rings is 4. The van der Waals surface area contributed by atoms with Gasteiger partial charge >= 0.3 is 14.2 Å². The zero-order valence-corrected chi connectivity index (χ0v) is 16.1. The molecule has 0 aromatic heterocycles. The van der Waals surface area contributed by atoms with Crippen LogP contribution in [0.4, 0.5) is 0 Å². The normalized spacial score (nSPS) is 15.6. The van der Waals surface area contributed by atoms with E-state index in [4.69, 9.17) is 37.3 Å². The monoisotopic (exact) mass is 441 g/mol. The van der Waals surface area contributed by atoms with Gasteiger partial charge in [-0.05, 0) is 59.3 Å². The van der Waals surface area contributed by atoms with Crippen LogP contribution in [0, 0.1) is 0 Å². The van der Waals surface area contributed by atoms with Gasteiger partial charge in [-0.2, -0.15) is 0 Å². The fourth-order valence-electron chi connectivity index (χ4n) is 1.98. The molecule has 0 saturated heterocycles. The molecule has 6 nitrogen and oxygen atoms in total. The number of hydrogen-bond donors (Lipinski definition) is 4. The molecule has 4 aromatic rings. The topological polar surface area (TPSA) is 99.4 Å². The van der Waals surface area contributed by atoms with Crippen molar-refractivity contribution >= 4 is 25.2 Å². The van der Waals surface area contributed by atoms with E-state index in [1.165, 1.54) is 0 Å². The van der Waals surface area contributed by atoms with Crippen LogP contribution in [-0.4, -0.2) is 34.3 Å². The quantitative estimate of drug-likeness (QED) is 0.343. The Morgan fingerprint density at radius 1 is 0.500 bits per heavy atom. The van der Waals surface area contributed by atoms with E-state index in [0.29, 0.717) is 5.75 Å². The average Bonchev–Trinajstić information content (AvgIpc) is 2.99. The van der Waals surface area contributed by atoms with E-state index < -0.39 is 115 Å². The van der Waals surface area contributed by atoms with E-state index in [1.54, 1.807) is 30.3 Å². The highest BCUT2D eigenvalue weighted by Crippen LogP contribution is 2.20. The second-order valence-electron chi connectivity index (χ2n) is 5.70. The molecule has 0 bridgehead atoms. The van der Waals surface area contributed by atoms with Crippen LogP contribution in [0.3, 0.4) is 0 Å². The number of hydrogen-bond acceptors (Lipinski definition) is 6. The van der Waals surface area contributed by atoms with Gasteiger partial charge in [-0.25, -0.2) is 0 Å². The number of rotatable bonds is 6. The van der Waals surface area contributed by atoms with Crippen molar-refractivity contribution in [3.8, 4) is 23.0 Å². The largest absolute Gasteiger partial charge is 0.488 e. The van der Waals surface area contributed by atoms with Crippen molar-refractivity contribution in [2.45, 2.75) is 0 Å². The molecule has 0 radical (unpaired) electrons. The van der Waals surface area contributed by atoms with Crippen LogP contribution < -0.4 is 20.4 Å². The lowest BCUT2D eigenvalue weighted by Crippen LogP contribution is -2.29. The Morgan fingerprint density at radius 3 is 1.34 bits per heavy atom. The summed E-state index contributed by atoms with van der Waals surface area (Å²) in [6.07, 6.45) is 0. The van der Waals surface area contributed by atoms with Crippen LogP contribution >= 0.6 is 0 Å². The van der Waals surface area contributed by atoms with Crippen LogP contribution in [0.15, 0.2) is 109 Å². The zero-order chi connectivity index (χ0) is 34.1. The molecule has 8 heteroatoms. The minimum atomic E-state index is -2.25. The zero-order valence-electron chi connectivity index (χ0n) is 29.1. The predicted molar refractivity (Wildman–Crippen MR) is 126 cm³/mol. The summed E-state index contributed by atoms with van der Waals surface area (Å²) in [6.45, 7) is 0. The molecular formula is C24H22B2O6. The third-order valence-electron chi connectivity index (χ3n) is 3.40. The molecule has 0 saturated carbocycles. The summed E-state index contributed by atoms with van der Waals surface area (Å²) in [6, 6.07) is -0.158. The van der Waals surface area contributed by atoms with Gasteiger partial charge in [0.2, 0.25) is 0 Å². The minimum absolute atomic E-state index is 0.254. The number of para-hydroxylation sites is 2. The highest BCUT2D eigenvalue weighted by atomic mass is 16.5. The first kappa shape index (κ1) is 11.4. The molecule has 4 N–H and O–H groups in total. The lowest BCUT2D eigenvalue weighted by molar-refractivity contribution is 0.424. The summed E-state index contributed by atoms with van der Waals surface area (Å²) < 4.78 is 111. The molecule has 0 atom stereocenters. The van der Waals surface area contributed by atoms with Gasteiger partial charge < -0.3 is 29.6 Å². The Hall–Kier alpha value is -3.55. The van der Waals surface area contributed by atoms with Crippen LogP contribution in [0.5, 0.6) is 23.0 Å². The molecule has 0 fully saturated rings. The molecule has 160 valence electrons. The van der Waals surface area contributed by atoms with Gasteiger partial charge in [0, 0.05) is 0 Å². The summed E-state index contributed by atoms with van der Waals surface area (Å²) in [5.74, 6) is -1.25. The van der Waals surface area contributed by atoms with E-state index in [1.807, 2.05) is 0 Å². The van der Waals surface area contributed by atoms with Gasteiger partial charge in [0.1, 0.15) is 23.0 Å². The van der Waals surface area contributed by atoms with Gasteiger partial charge in [-0.15, -0.1) is 0 Å². The highest BCUT2D eigenvalue weighted by Gasteiger charge is 2.10. The predicted octanol–water partition coefficient (Wildman–Crippen LogP) is 2.32. The SMILES string of the molecule is [2H]c1c([2H])c(B(O)O)c([2H])c([2H])c1Oc1ccccc1.[2H]c1c([2H])c([2H])c(Oc2c([2H])c([2H])c(B(O)O)c([2H])c2[2H])c([2H])c1[2H]. The van der Waals surface area contributed by atoms with Crippen molar-refractivity contribution in [3.63, 3.8) is 0 Å². The second-order valence-corrected chi connectivity index (χ2v) is 5.70. The molecule has 4 rings (SSSR count). The van der Waals surface area contributed by atoms with Crippen LogP contribution in [0.2, 0.25) is 0 Å². The third kappa shape index (κ3) is 7.30. The molecule has 0 aliphatic heterocycles. The van der Waals surface area contributed by atoms with Crippen molar-refractivity contribution in [1.29, 1.82) is 0 Å². The minimum Gasteiger partial charge on any atom is -0.457 e. The standard InChI is InChI=1S/2C12H11BO3/c2*14-13(15)10-6-8-12(9-7-10)16-11-4-2-1-3-5-11/h2*1-9,14-15H/i1D,2D,3D,4D,5D,6D,7D,8D,9D;6D,7D,8D,9D. The van der Waals surface area contributed by atoms with Gasteiger partial charge in [0.25, 0.3) is 0 Å². The van der Waals surface area contributed by atoms with Crippen LogP contribution in [0.25, 0.3) is 0 Å². The Balaban J connectivity index is 0.000000251. The molecule has 0 heterocycles. The van der Waals surface area contributed by atoms with E-state index in [9.17, 15) is 10.0 Å². The molecule has 0 amide bonds. The van der Waals surface area contributed by atoms with Crippen molar-refractivity contribution < 1.29 is 47.4 Å². The Labute approximate surface area is 205 Å². The van der Waals surface area contributed by atoms with E-state index in [-0.39, 0.29) is 5.75 Å². The molecule has 0 aliphatic carbocycles.